The van der Waals surface area contributed by atoms with Crippen LogP contribution in [0, 0.1) is 5.92 Å². The van der Waals surface area contributed by atoms with Crippen molar-refractivity contribution in [3.8, 4) is 0 Å². The van der Waals surface area contributed by atoms with Crippen LogP contribution in [0.3, 0.4) is 0 Å². The minimum Gasteiger partial charge on any atom is -0.452 e. The van der Waals surface area contributed by atoms with Gasteiger partial charge in [-0.05, 0) is 43.0 Å². The van der Waals surface area contributed by atoms with Crippen molar-refractivity contribution in [3.05, 3.63) is 54.2 Å². The number of hydrogen-bond donors (Lipinski definition) is 0. The second-order valence-electron chi connectivity index (χ2n) is 6.43. The van der Waals surface area contributed by atoms with Gasteiger partial charge in [-0.25, -0.2) is 9.78 Å². The fourth-order valence-corrected chi connectivity index (χ4v) is 3.83. The van der Waals surface area contributed by atoms with Gasteiger partial charge in [-0.15, -0.1) is 0 Å². The second kappa shape index (κ2) is 8.85. The third-order valence-corrected chi connectivity index (χ3v) is 5.31. The van der Waals surface area contributed by atoms with Gasteiger partial charge in [0.25, 0.3) is 5.91 Å². The van der Waals surface area contributed by atoms with E-state index >= 15 is 0 Å². The van der Waals surface area contributed by atoms with Crippen LogP contribution in [0.15, 0.2) is 58.6 Å². The van der Waals surface area contributed by atoms with Crippen LogP contribution in [0.5, 0.6) is 0 Å². The number of aromatic nitrogens is 1. The standard InChI is InChI=1S/C20H22N2O3S/c1-15-7-6-12-22(13-15)18(23)14-25-20(24)17-10-5-11-21-19(17)26-16-8-3-2-4-9-16/h2-5,8-11,15H,6-7,12-14H2,1H3. The van der Waals surface area contributed by atoms with Gasteiger partial charge in [-0.1, -0.05) is 36.9 Å². The van der Waals surface area contributed by atoms with Crippen molar-refractivity contribution in [2.24, 2.45) is 5.92 Å². The maximum atomic E-state index is 12.5. The first-order chi connectivity index (χ1) is 12.6. The molecule has 1 unspecified atom stereocenters. The molecule has 0 saturated carbocycles. The minimum absolute atomic E-state index is 0.133. The zero-order valence-electron chi connectivity index (χ0n) is 14.8. The molecule has 0 spiro atoms. The van der Waals surface area contributed by atoms with Crippen molar-refractivity contribution in [2.75, 3.05) is 19.7 Å². The summed E-state index contributed by atoms with van der Waals surface area (Å²) in [7, 11) is 0. The van der Waals surface area contributed by atoms with E-state index in [0.717, 1.165) is 30.8 Å². The third kappa shape index (κ3) is 4.85. The fraction of sp³-hybridized carbons (Fsp3) is 0.350. The number of benzene rings is 1. The van der Waals surface area contributed by atoms with Gasteiger partial charge in [0, 0.05) is 24.2 Å². The Kier molecular flexibility index (Phi) is 6.28. The highest BCUT2D eigenvalue weighted by molar-refractivity contribution is 7.99. The van der Waals surface area contributed by atoms with Crippen LogP contribution < -0.4 is 0 Å². The SMILES string of the molecule is CC1CCCN(C(=O)COC(=O)c2cccnc2Sc2ccccc2)C1. The normalized spacial score (nSPS) is 17.0. The average molecular weight is 370 g/mol. The molecule has 2 aromatic rings. The van der Waals surface area contributed by atoms with Gasteiger partial charge in [0.2, 0.25) is 0 Å². The maximum absolute atomic E-state index is 12.5. The number of piperidine rings is 1. The second-order valence-corrected chi connectivity index (χ2v) is 7.50. The van der Waals surface area contributed by atoms with Gasteiger partial charge >= 0.3 is 5.97 Å². The van der Waals surface area contributed by atoms with E-state index < -0.39 is 5.97 Å². The molecule has 0 bridgehead atoms. The molecule has 1 aromatic carbocycles. The zero-order valence-corrected chi connectivity index (χ0v) is 15.6. The summed E-state index contributed by atoms with van der Waals surface area (Å²) in [6.45, 7) is 3.38. The van der Waals surface area contributed by atoms with Crippen molar-refractivity contribution >= 4 is 23.6 Å². The van der Waals surface area contributed by atoms with Gasteiger partial charge in [0.15, 0.2) is 6.61 Å². The zero-order chi connectivity index (χ0) is 18.4. The number of carbonyl (C=O) groups is 2. The van der Waals surface area contributed by atoms with E-state index in [0.29, 0.717) is 16.5 Å². The number of pyridine rings is 1. The van der Waals surface area contributed by atoms with Crippen LogP contribution in [-0.2, 0) is 9.53 Å². The minimum atomic E-state index is -0.519. The summed E-state index contributed by atoms with van der Waals surface area (Å²) >= 11 is 1.40. The van der Waals surface area contributed by atoms with E-state index in [-0.39, 0.29) is 12.5 Å². The molecule has 1 fully saturated rings. The number of nitrogens with zero attached hydrogens (tertiary/aromatic N) is 2. The quantitative estimate of drug-likeness (QED) is 0.752. The van der Waals surface area contributed by atoms with Crippen molar-refractivity contribution in [1.82, 2.24) is 9.88 Å². The molecule has 1 amide bonds. The number of rotatable bonds is 5. The molecule has 2 heterocycles. The van der Waals surface area contributed by atoms with Crippen molar-refractivity contribution in [2.45, 2.75) is 29.7 Å². The molecule has 6 heteroatoms. The molecule has 26 heavy (non-hydrogen) atoms. The molecule has 1 atom stereocenters. The molecular weight excluding hydrogens is 348 g/mol. The van der Waals surface area contributed by atoms with Gasteiger partial charge < -0.3 is 9.64 Å². The first kappa shape index (κ1) is 18.5. The Hall–Kier alpha value is -2.34. The molecule has 1 aliphatic heterocycles. The average Bonchev–Trinajstić information content (AvgIpc) is 2.67. The topological polar surface area (TPSA) is 59.5 Å². The van der Waals surface area contributed by atoms with Gasteiger partial charge in [0.1, 0.15) is 5.03 Å². The summed E-state index contributed by atoms with van der Waals surface area (Å²) in [5.74, 6) is -0.156. The van der Waals surface area contributed by atoms with Crippen LogP contribution >= 0.6 is 11.8 Å². The number of esters is 1. The molecule has 3 rings (SSSR count). The van der Waals surface area contributed by atoms with Crippen LogP contribution in [0.2, 0.25) is 0 Å². The third-order valence-electron chi connectivity index (χ3n) is 4.29. The van der Waals surface area contributed by atoms with Crippen LogP contribution in [0.25, 0.3) is 0 Å². The van der Waals surface area contributed by atoms with Crippen molar-refractivity contribution < 1.29 is 14.3 Å². The summed E-state index contributed by atoms with van der Waals surface area (Å²) < 4.78 is 5.27. The van der Waals surface area contributed by atoms with Crippen molar-refractivity contribution in [1.29, 1.82) is 0 Å². The van der Waals surface area contributed by atoms with Crippen molar-refractivity contribution in [3.63, 3.8) is 0 Å². The molecule has 1 aliphatic rings. The number of hydrogen-bond acceptors (Lipinski definition) is 5. The molecule has 0 aliphatic carbocycles. The molecule has 0 radical (unpaired) electrons. The highest BCUT2D eigenvalue weighted by Crippen LogP contribution is 2.28. The maximum Gasteiger partial charge on any atom is 0.341 e. The van der Waals surface area contributed by atoms with Gasteiger partial charge in [-0.3, -0.25) is 4.79 Å². The Labute approximate surface area is 157 Å². The Balaban J connectivity index is 1.62. The summed E-state index contributed by atoms with van der Waals surface area (Å²) in [4.78, 5) is 31.8. The van der Waals surface area contributed by atoms with E-state index in [2.05, 4.69) is 11.9 Å². The van der Waals surface area contributed by atoms with Crippen LogP contribution in [0.1, 0.15) is 30.1 Å². The number of amides is 1. The lowest BCUT2D eigenvalue weighted by Gasteiger charge is -2.30. The molecule has 136 valence electrons. The first-order valence-electron chi connectivity index (χ1n) is 8.76. The van der Waals surface area contributed by atoms with E-state index in [4.69, 9.17) is 4.74 Å². The summed E-state index contributed by atoms with van der Waals surface area (Å²) in [5.41, 5.74) is 0.376. The summed E-state index contributed by atoms with van der Waals surface area (Å²) in [6, 6.07) is 13.1. The number of likely N-dealkylation sites (tertiary alicyclic amines) is 1. The lowest BCUT2D eigenvalue weighted by atomic mass is 10.0. The molecule has 1 aromatic heterocycles. The lowest BCUT2D eigenvalue weighted by molar-refractivity contribution is -0.136. The van der Waals surface area contributed by atoms with E-state index in [1.165, 1.54) is 11.8 Å². The van der Waals surface area contributed by atoms with Gasteiger partial charge in [0.05, 0.1) is 5.56 Å². The highest BCUT2D eigenvalue weighted by Gasteiger charge is 2.23. The number of ether oxygens (including phenoxy) is 1. The summed E-state index contributed by atoms with van der Waals surface area (Å²) in [6.07, 6.45) is 3.78. The fourth-order valence-electron chi connectivity index (χ4n) is 2.94. The Morgan fingerprint density at radius 1 is 1.23 bits per heavy atom. The first-order valence-corrected chi connectivity index (χ1v) is 9.58. The van der Waals surface area contributed by atoms with Crippen LogP contribution in [-0.4, -0.2) is 41.5 Å². The molecule has 5 nitrogen and oxygen atoms in total. The predicted molar refractivity (Wildman–Crippen MR) is 100 cm³/mol. The molecule has 0 N–H and O–H groups in total. The van der Waals surface area contributed by atoms with Gasteiger partial charge in [-0.2, -0.15) is 0 Å². The van der Waals surface area contributed by atoms with E-state index in [1.54, 1.807) is 23.2 Å². The molecule has 1 saturated heterocycles. The largest absolute Gasteiger partial charge is 0.452 e. The Bertz CT molecular complexity index is 767. The highest BCUT2D eigenvalue weighted by atomic mass is 32.2. The smallest absolute Gasteiger partial charge is 0.341 e. The summed E-state index contributed by atoms with van der Waals surface area (Å²) in [5, 5.41) is 0.572. The molecular formula is C20H22N2O3S. The van der Waals surface area contributed by atoms with E-state index in [9.17, 15) is 9.59 Å². The number of carbonyl (C=O) groups excluding carboxylic acids is 2. The lowest BCUT2D eigenvalue weighted by Crippen LogP contribution is -2.41. The Morgan fingerprint density at radius 3 is 2.81 bits per heavy atom. The predicted octanol–water partition coefficient (Wildman–Crippen LogP) is 3.65. The monoisotopic (exact) mass is 370 g/mol. The van der Waals surface area contributed by atoms with E-state index in [1.807, 2.05) is 30.3 Å². The van der Waals surface area contributed by atoms with Crippen LogP contribution in [0.4, 0.5) is 0 Å². The Morgan fingerprint density at radius 2 is 2.04 bits per heavy atom.